The van der Waals surface area contributed by atoms with Crippen LogP contribution in [-0.2, 0) is 10.9 Å². The molecule has 0 spiro atoms. The molecule has 3 nitrogen and oxygen atoms in total. The molecule has 1 aromatic carbocycles. The van der Waals surface area contributed by atoms with Gasteiger partial charge in [-0.2, -0.15) is 13.2 Å². The Morgan fingerprint density at radius 3 is 2.71 bits per heavy atom. The molecule has 0 radical (unpaired) electrons. The van der Waals surface area contributed by atoms with Gasteiger partial charge in [-0.1, -0.05) is 6.07 Å². The summed E-state index contributed by atoms with van der Waals surface area (Å²) in [6.45, 7) is 3.73. The number of nitrogens with two attached hydrogens (primary N) is 1. The van der Waals surface area contributed by atoms with Crippen molar-refractivity contribution < 1.29 is 22.3 Å². The molecular weight excluding hydrogens is 288 g/mol. The van der Waals surface area contributed by atoms with Crippen LogP contribution in [0.3, 0.4) is 0 Å². The number of benzene rings is 1. The predicted molar refractivity (Wildman–Crippen MR) is 70.2 cm³/mol. The number of rotatable bonds is 3. The maximum atomic E-state index is 13.4. The van der Waals surface area contributed by atoms with Crippen molar-refractivity contribution in [1.82, 2.24) is 4.90 Å². The molecule has 0 saturated carbocycles. The van der Waals surface area contributed by atoms with Crippen LogP contribution in [0.5, 0.6) is 0 Å². The quantitative estimate of drug-likeness (QED) is 0.872. The van der Waals surface area contributed by atoms with E-state index in [0.29, 0.717) is 25.3 Å². The highest BCUT2D eigenvalue weighted by Crippen LogP contribution is 2.34. The van der Waals surface area contributed by atoms with Crippen molar-refractivity contribution in [3.8, 4) is 0 Å². The Bertz CT molecular complexity index is 492. The Kier molecular flexibility index (Phi) is 4.85. The molecule has 1 aromatic rings. The van der Waals surface area contributed by atoms with Crippen molar-refractivity contribution in [3.05, 3.63) is 35.1 Å². The minimum atomic E-state index is -4.71. The molecule has 0 bridgehead atoms. The average Bonchev–Trinajstić information content (AvgIpc) is 2.40. The van der Waals surface area contributed by atoms with E-state index in [9.17, 15) is 17.6 Å². The summed E-state index contributed by atoms with van der Waals surface area (Å²) in [5.41, 5.74) is 4.85. The fourth-order valence-corrected chi connectivity index (χ4v) is 2.59. The Morgan fingerprint density at radius 1 is 1.43 bits per heavy atom. The Hall–Kier alpha value is -1.18. The van der Waals surface area contributed by atoms with Crippen LogP contribution in [-0.4, -0.2) is 37.2 Å². The van der Waals surface area contributed by atoms with Gasteiger partial charge < -0.3 is 10.5 Å². The number of halogens is 4. The standard InChI is InChI=1S/C14H18F4N2O/c1-9-8-20(4-5-21-9)13(7-19)10-2-3-12(15)11(6-10)14(16,17)18/h2-3,6,9,13H,4-5,7-8,19H2,1H3. The fraction of sp³-hybridized carbons (Fsp3) is 0.571. The predicted octanol–water partition coefficient (Wildman–Crippen LogP) is 2.57. The highest BCUT2D eigenvalue weighted by atomic mass is 19.4. The zero-order valence-electron chi connectivity index (χ0n) is 11.7. The van der Waals surface area contributed by atoms with Gasteiger partial charge in [0.25, 0.3) is 0 Å². The Balaban J connectivity index is 2.30. The third-order valence-electron chi connectivity index (χ3n) is 3.62. The van der Waals surface area contributed by atoms with Gasteiger partial charge in [0, 0.05) is 25.7 Å². The molecule has 7 heteroatoms. The van der Waals surface area contributed by atoms with E-state index in [1.54, 1.807) is 0 Å². The van der Waals surface area contributed by atoms with Crippen LogP contribution < -0.4 is 5.73 Å². The normalized spacial score (nSPS) is 22.3. The van der Waals surface area contributed by atoms with Gasteiger partial charge >= 0.3 is 6.18 Å². The third-order valence-corrected chi connectivity index (χ3v) is 3.62. The van der Waals surface area contributed by atoms with Crippen molar-refractivity contribution in [3.63, 3.8) is 0 Å². The molecule has 1 aliphatic heterocycles. The zero-order valence-corrected chi connectivity index (χ0v) is 11.7. The largest absolute Gasteiger partial charge is 0.419 e. The zero-order chi connectivity index (χ0) is 15.6. The number of ether oxygens (including phenoxy) is 1. The lowest BCUT2D eigenvalue weighted by atomic mass is 10.0. The molecule has 21 heavy (non-hydrogen) atoms. The topological polar surface area (TPSA) is 38.5 Å². The second kappa shape index (κ2) is 6.29. The van der Waals surface area contributed by atoms with E-state index < -0.39 is 17.6 Å². The van der Waals surface area contributed by atoms with Gasteiger partial charge in [0.1, 0.15) is 5.82 Å². The van der Waals surface area contributed by atoms with E-state index >= 15 is 0 Å². The van der Waals surface area contributed by atoms with Crippen LogP contribution in [0.25, 0.3) is 0 Å². The minimum Gasteiger partial charge on any atom is -0.376 e. The maximum absolute atomic E-state index is 13.4. The molecule has 0 aliphatic carbocycles. The summed E-state index contributed by atoms with van der Waals surface area (Å²) in [6.07, 6.45) is -4.72. The molecule has 1 saturated heterocycles. The molecule has 2 atom stereocenters. The molecule has 0 aromatic heterocycles. The van der Waals surface area contributed by atoms with Crippen molar-refractivity contribution in [2.45, 2.75) is 25.2 Å². The Labute approximate surface area is 120 Å². The summed E-state index contributed by atoms with van der Waals surface area (Å²) in [5.74, 6) is -1.27. The van der Waals surface area contributed by atoms with E-state index in [1.807, 2.05) is 11.8 Å². The van der Waals surface area contributed by atoms with E-state index in [2.05, 4.69) is 0 Å². The van der Waals surface area contributed by atoms with Gasteiger partial charge in [-0.05, 0) is 24.6 Å². The van der Waals surface area contributed by atoms with Crippen LogP contribution in [0, 0.1) is 5.82 Å². The molecule has 2 unspecified atom stereocenters. The number of alkyl halides is 3. The number of hydrogen-bond donors (Lipinski definition) is 1. The molecule has 1 heterocycles. The first kappa shape index (κ1) is 16.2. The van der Waals surface area contributed by atoms with Gasteiger partial charge in [0.2, 0.25) is 0 Å². The fourth-order valence-electron chi connectivity index (χ4n) is 2.59. The van der Waals surface area contributed by atoms with Gasteiger partial charge in [-0.15, -0.1) is 0 Å². The second-order valence-electron chi connectivity index (χ2n) is 5.16. The van der Waals surface area contributed by atoms with Crippen LogP contribution in [0.2, 0.25) is 0 Å². The highest BCUT2D eigenvalue weighted by molar-refractivity contribution is 5.30. The average molecular weight is 306 g/mol. The maximum Gasteiger partial charge on any atom is 0.419 e. The molecule has 0 amide bonds. The second-order valence-corrected chi connectivity index (χ2v) is 5.16. The first-order chi connectivity index (χ1) is 9.82. The van der Waals surface area contributed by atoms with E-state index in [0.717, 1.165) is 12.1 Å². The molecule has 2 rings (SSSR count). The summed E-state index contributed by atoms with van der Waals surface area (Å²) in [7, 11) is 0. The number of morpholine rings is 1. The van der Waals surface area contributed by atoms with Gasteiger partial charge in [0.05, 0.1) is 18.3 Å². The first-order valence-corrected chi connectivity index (χ1v) is 6.75. The molecule has 1 aliphatic rings. The van der Waals surface area contributed by atoms with Crippen molar-refractivity contribution in [2.24, 2.45) is 5.73 Å². The highest BCUT2D eigenvalue weighted by Gasteiger charge is 2.35. The summed E-state index contributed by atoms with van der Waals surface area (Å²) in [6, 6.07) is 2.69. The molecule has 1 fully saturated rings. The van der Waals surface area contributed by atoms with Crippen molar-refractivity contribution >= 4 is 0 Å². The lowest BCUT2D eigenvalue weighted by Crippen LogP contribution is -2.45. The summed E-state index contributed by atoms with van der Waals surface area (Å²) >= 11 is 0. The first-order valence-electron chi connectivity index (χ1n) is 6.75. The number of nitrogens with zero attached hydrogens (tertiary/aromatic N) is 1. The third kappa shape index (κ3) is 3.72. The lowest BCUT2D eigenvalue weighted by Gasteiger charge is -2.37. The Morgan fingerprint density at radius 2 is 2.14 bits per heavy atom. The molecule has 118 valence electrons. The molecule has 2 N–H and O–H groups in total. The molecular formula is C14H18F4N2O. The van der Waals surface area contributed by atoms with Gasteiger partial charge in [-0.3, -0.25) is 4.90 Å². The monoisotopic (exact) mass is 306 g/mol. The van der Waals surface area contributed by atoms with Crippen LogP contribution in [0.15, 0.2) is 18.2 Å². The number of hydrogen-bond acceptors (Lipinski definition) is 3. The van der Waals surface area contributed by atoms with Crippen molar-refractivity contribution in [2.75, 3.05) is 26.2 Å². The van der Waals surface area contributed by atoms with Crippen LogP contribution in [0.1, 0.15) is 24.1 Å². The van der Waals surface area contributed by atoms with E-state index in [-0.39, 0.29) is 18.7 Å². The van der Waals surface area contributed by atoms with Crippen LogP contribution >= 0.6 is 0 Å². The summed E-state index contributed by atoms with van der Waals surface area (Å²) < 4.78 is 57.2. The minimum absolute atomic E-state index is 0.00432. The summed E-state index contributed by atoms with van der Waals surface area (Å²) in [4.78, 5) is 1.97. The van der Waals surface area contributed by atoms with Gasteiger partial charge in [-0.25, -0.2) is 4.39 Å². The van der Waals surface area contributed by atoms with E-state index in [4.69, 9.17) is 10.5 Å². The van der Waals surface area contributed by atoms with Gasteiger partial charge in [0.15, 0.2) is 0 Å². The smallest absolute Gasteiger partial charge is 0.376 e. The SMILES string of the molecule is CC1CN(C(CN)c2ccc(F)c(C(F)(F)F)c2)CCO1. The lowest BCUT2D eigenvalue weighted by molar-refractivity contribution is -0.140. The van der Waals surface area contributed by atoms with Crippen molar-refractivity contribution in [1.29, 1.82) is 0 Å². The summed E-state index contributed by atoms with van der Waals surface area (Å²) in [5, 5.41) is 0. The van der Waals surface area contributed by atoms with E-state index in [1.165, 1.54) is 6.07 Å². The van der Waals surface area contributed by atoms with Crippen LogP contribution in [0.4, 0.5) is 17.6 Å².